The van der Waals surface area contributed by atoms with Crippen LogP contribution in [-0.2, 0) is 27.9 Å². The van der Waals surface area contributed by atoms with Crippen LogP contribution in [0.25, 0.3) is 17.0 Å². The summed E-state index contributed by atoms with van der Waals surface area (Å²) >= 11 is 0. The lowest BCUT2D eigenvalue weighted by atomic mass is 10.2. The highest BCUT2D eigenvalue weighted by molar-refractivity contribution is 5.93. The van der Waals surface area contributed by atoms with Crippen molar-refractivity contribution in [3.8, 4) is 0 Å². The van der Waals surface area contributed by atoms with Gasteiger partial charge in [-0.3, -0.25) is 23.5 Å². The molecule has 0 saturated heterocycles. The third-order valence-corrected chi connectivity index (χ3v) is 4.47. The standard InChI is InChI=1S/C22H21N3O5/c1-24-18-10-6-5-9-17(18)21(28)25(22(24)29)13-14-30-20(27)15-23-19(26)12-11-16-7-3-2-4-8-16/h2-12H,13-15H2,1H3,(H,23,26)/b12-11-. The number of aromatic nitrogens is 2. The Morgan fingerprint density at radius 3 is 2.50 bits per heavy atom. The van der Waals surface area contributed by atoms with E-state index >= 15 is 0 Å². The maximum Gasteiger partial charge on any atom is 0.331 e. The lowest BCUT2D eigenvalue weighted by Crippen LogP contribution is -2.40. The van der Waals surface area contributed by atoms with Gasteiger partial charge in [0.1, 0.15) is 13.2 Å². The van der Waals surface area contributed by atoms with Crippen LogP contribution >= 0.6 is 0 Å². The van der Waals surface area contributed by atoms with E-state index in [1.807, 2.05) is 30.3 Å². The fraction of sp³-hybridized carbons (Fsp3) is 0.182. The quantitative estimate of drug-likeness (QED) is 0.467. The van der Waals surface area contributed by atoms with Crippen LogP contribution < -0.4 is 16.6 Å². The number of aryl methyl sites for hydroxylation is 1. The van der Waals surface area contributed by atoms with Crippen molar-refractivity contribution in [1.82, 2.24) is 14.5 Å². The van der Waals surface area contributed by atoms with E-state index in [9.17, 15) is 19.2 Å². The van der Waals surface area contributed by atoms with Gasteiger partial charge in [-0.05, 0) is 23.8 Å². The molecule has 2 aromatic carbocycles. The zero-order valence-corrected chi connectivity index (χ0v) is 16.4. The van der Waals surface area contributed by atoms with Crippen molar-refractivity contribution in [3.63, 3.8) is 0 Å². The van der Waals surface area contributed by atoms with Crippen molar-refractivity contribution < 1.29 is 14.3 Å². The van der Waals surface area contributed by atoms with Crippen LogP contribution in [-0.4, -0.2) is 34.2 Å². The van der Waals surface area contributed by atoms with Gasteiger partial charge in [-0.2, -0.15) is 0 Å². The molecule has 0 fully saturated rings. The van der Waals surface area contributed by atoms with Gasteiger partial charge in [0.05, 0.1) is 17.4 Å². The summed E-state index contributed by atoms with van der Waals surface area (Å²) in [5.74, 6) is -1.10. The Balaban J connectivity index is 1.53. The lowest BCUT2D eigenvalue weighted by Gasteiger charge is -2.11. The first-order valence-electron chi connectivity index (χ1n) is 9.32. The summed E-state index contributed by atoms with van der Waals surface area (Å²) in [6.45, 7) is -0.561. The number of nitrogens with zero attached hydrogens (tertiary/aromatic N) is 2. The SMILES string of the molecule is Cn1c(=O)n(CCOC(=O)CNC(=O)/C=C\c2ccccc2)c(=O)c2ccccc21. The van der Waals surface area contributed by atoms with E-state index in [0.29, 0.717) is 10.9 Å². The van der Waals surface area contributed by atoms with Gasteiger partial charge in [0.15, 0.2) is 0 Å². The van der Waals surface area contributed by atoms with Crippen molar-refractivity contribution in [2.24, 2.45) is 7.05 Å². The van der Waals surface area contributed by atoms with Crippen LogP contribution in [0.2, 0.25) is 0 Å². The first-order valence-corrected chi connectivity index (χ1v) is 9.32. The molecule has 0 radical (unpaired) electrons. The molecule has 8 heteroatoms. The molecule has 0 saturated carbocycles. The van der Waals surface area contributed by atoms with Crippen molar-refractivity contribution in [1.29, 1.82) is 0 Å². The van der Waals surface area contributed by atoms with Crippen LogP contribution in [0.4, 0.5) is 0 Å². The van der Waals surface area contributed by atoms with Crippen molar-refractivity contribution in [2.75, 3.05) is 13.2 Å². The van der Waals surface area contributed by atoms with Crippen LogP contribution in [0, 0.1) is 0 Å². The average Bonchev–Trinajstić information content (AvgIpc) is 2.77. The van der Waals surface area contributed by atoms with Gasteiger partial charge in [0.25, 0.3) is 5.56 Å². The third-order valence-electron chi connectivity index (χ3n) is 4.47. The normalized spacial score (nSPS) is 11.0. The molecule has 0 bridgehead atoms. The van der Waals surface area contributed by atoms with Gasteiger partial charge >= 0.3 is 11.7 Å². The Morgan fingerprint density at radius 2 is 1.73 bits per heavy atom. The highest BCUT2D eigenvalue weighted by atomic mass is 16.5. The average molecular weight is 407 g/mol. The molecule has 0 atom stereocenters. The molecule has 8 nitrogen and oxygen atoms in total. The monoisotopic (exact) mass is 407 g/mol. The number of carbonyl (C=O) groups is 2. The Bertz CT molecular complexity index is 1210. The molecule has 0 aliphatic heterocycles. The van der Waals surface area contributed by atoms with E-state index in [-0.39, 0.29) is 19.7 Å². The number of fused-ring (bicyclic) bond motifs is 1. The van der Waals surface area contributed by atoms with Gasteiger partial charge in [-0.1, -0.05) is 42.5 Å². The smallest absolute Gasteiger partial charge is 0.331 e. The van der Waals surface area contributed by atoms with E-state index in [1.54, 1.807) is 37.4 Å². The summed E-state index contributed by atoms with van der Waals surface area (Å²) in [5, 5.41) is 2.83. The topological polar surface area (TPSA) is 99.4 Å². The van der Waals surface area contributed by atoms with E-state index in [0.717, 1.165) is 10.1 Å². The molecule has 1 N–H and O–H groups in total. The molecule has 0 unspecified atom stereocenters. The minimum atomic E-state index is -0.665. The van der Waals surface area contributed by atoms with Gasteiger partial charge in [0.2, 0.25) is 5.91 Å². The molecule has 0 aliphatic carbocycles. The predicted molar refractivity (Wildman–Crippen MR) is 113 cm³/mol. The highest BCUT2D eigenvalue weighted by Crippen LogP contribution is 2.05. The molecule has 3 rings (SSSR count). The number of hydrogen-bond acceptors (Lipinski definition) is 5. The molecule has 154 valence electrons. The number of nitrogens with one attached hydrogen (secondary N) is 1. The van der Waals surface area contributed by atoms with Gasteiger partial charge < -0.3 is 10.1 Å². The van der Waals surface area contributed by atoms with E-state index in [2.05, 4.69) is 5.32 Å². The van der Waals surface area contributed by atoms with E-state index < -0.39 is 23.1 Å². The van der Waals surface area contributed by atoms with Crippen LogP contribution in [0.3, 0.4) is 0 Å². The van der Waals surface area contributed by atoms with Gasteiger partial charge in [-0.25, -0.2) is 4.79 Å². The number of hydrogen-bond donors (Lipinski definition) is 1. The fourth-order valence-electron chi connectivity index (χ4n) is 2.92. The van der Waals surface area contributed by atoms with E-state index in [4.69, 9.17) is 4.74 Å². The second-order valence-corrected chi connectivity index (χ2v) is 6.50. The van der Waals surface area contributed by atoms with Crippen molar-refractivity contribution >= 4 is 28.9 Å². The predicted octanol–water partition coefficient (Wildman–Crippen LogP) is 1.07. The molecule has 30 heavy (non-hydrogen) atoms. The lowest BCUT2D eigenvalue weighted by molar-refractivity contribution is -0.143. The molecule has 0 aliphatic rings. The maximum absolute atomic E-state index is 12.5. The largest absolute Gasteiger partial charge is 0.462 e. The Kier molecular flexibility index (Phi) is 6.59. The van der Waals surface area contributed by atoms with Gasteiger partial charge in [0, 0.05) is 13.1 Å². The first kappa shape index (κ1) is 20.8. The number of ether oxygens (including phenoxy) is 1. The summed E-state index contributed by atoms with van der Waals surface area (Å²) in [6, 6.07) is 16.1. The van der Waals surface area contributed by atoms with E-state index in [1.165, 1.54) is 10.6 Å². The second kappa shape index (κ2) is 9.51. The molecule has 3 aromatic rings. The van der Waals surface area contributed by atoms with Crippen LogP contribution in [0.5, 0.6) is 0 Å². The minimum Gasteiger partial charge on any atom is -0.462 e. The fourth-order valence-corrected chi connectivity index (χ4v) is 2.92. The molecule has 1 heterocycles. The summed E-state index contributed by atoms with van der Waals surface area (Å²) < 4.78 is 7.43. The number of amides is 1. The number of rotatable bonds is 7. The van der Waals surface area contributed by atoms with Crippen LogP contribution in [0.15, 0.2) is 70.3 Å². The number of para-hydroxylation sites is 1. The Labute approximate surface area is 172 Å². The number of benzene rings is 2. The van der Waals surface area contributed by atoms with Crippen molar-refractivity contribution in [2.45, 2.75) is 6.54 Å². The Morgan fingerprint density at radius 1 is 1.03 bits per heavy atom. The molecule has 1 amide bonds. The molecule has 1 aromatic heterocycles. The Hall–Kier alpha value is -3.94. The summed E-state index contributed by atoms with van der Waals surface area (Å²) in [5.41, 5.74) is 0.461. The number of carbonyl (C=O) groups excluding carboxylic acids is 2. The molecular weight excluding hydrogens is 386 g/mol. The molecule has 0 spiro atoms. The first-order chi connectivity index (χ1) is 14.5. The summed E-state index contributed by atoms with van der Waals surface area (Å²) in [6.07, 6.45) is 2.95. The second-order valence-electron chi connectivity index (χ2n) is 6.50. The minimum absolute atomic E-state index is 0.0794. The highest BCUT2D eigenvalue weighted by Gasteiger charge is 2.11. The summed E-state index contributed by atoms with van der Waals surface area (Å²) in [7, 11) is 1.57. The van der Waals surface area contributed by atoms with Crippen molar-refractivity contribution in [3.05, 3.63) is 87.1 Å². The summed E-state index contributed by atoms with van der Waals surface area (Å²) in [4.78, 5) is 48.5. The number of esters is 1. The van der Waals surface area contributed by atoms with Crippen LogP contribution in [0.1, 0.15) is 5.56 Å². The molecular formula is C22H21N3O5. The van der Waals surface area contributed by atoms with Gasteiger partial charge in [-0.15, -0.1) is 0 Å². The maximum atomic E-state index is 12.5. The third kappa shape index (κ3) is 4.91. The zero-order valence-electron chi connectivity index (χ0n) is 16.4. The zero-order chi connectivity index (χ0) is 21.5.